The Hall–Kier alpha value is -2.37. The van der Waals surface area contributed by atoms with Crippen LogP contribution in [0.5, 0.6) is 5.75 Å². The van der Waals surface area contributed by atoms with Crippen molar-refractivity contribution in [2.75, 3.05) is 13.2 Å². The SMILES string of the molecule is Cc1nc(C)n(CCNC(=O)[C@H]2COc3ccccc3C2)n1. The van der Waals surface area contributed by atoms with Crippen LogP contribution in [0, 0.1) is 19.8 Å². The highest BCUT2D eigenvalue weighted by Crippen LogP contribution is 2.26. The quantitative estimate of drug-likeness (QED) is 0.923. The van der Waals surface area contributed by atoms with Gasteiger partial charge in [-0.3, -0.25) is 4.79 Å². The number of carbonyl (C=O) groups excluding carboxylic acids is 1. The van der Waals surface area contributed by atoms with Crippen molar-refractivity contribution in [2.24, 2.45) is 5.92 Å². The van der Waals surface area contributed by atoms with E-state index in [1.807, 2.05) is 42.8 Å². The molecule has 1 aromatic carbocycles. The molecule has 2 heterocycles. The van der Waals surface area contributed by atoms with E-state index >= 15 is 0 Å². The molecular formula is C16H20N4O2. The molecule has 1 amide bonds. The highest BCUT2D eigenvalue weighted by molar-refractivity contribution is 5.79. The number of benzene rings is 1. The van der Waals surface area contributed by atoms with Gasteiger partial charge in [-0.2, -0.15) is 5.10 Å². The minimum absolute atomic E-state index is 0.0315. The molecule has 0 saturated carbocycles. The van der Waals surface area contributed by atoms with Crippen LogP contribution in [0.25, 0.3) is 0 Å². The van der Waals surface area contributed by atoms with Gasteiger partial charge in [-0.25, -0.2) is 9.67 Å². The van der Waals surface area contributed by atoms with Crippen LogP contribution < -0.4 is 10.1 Å². The van der Waals surface area contributed by atoms with Crippen molar-refractivity contribution in [2.45, 2.75) is 26.8 Å². The van der Waals surface area contributed by atoms with E-state index in [4.69, 9.17) is 4.74 Å². The van der Waals surface area contributed by atoms with Crippen LogP contribution in [0.1, 0.15) is 17.2 Å². The highest BCUT2D eigenvalue weighted by atomic mass is 16.5. The monoisotopic (exact) mass is 300 g/mol. The van der Waals surface area contributed by atoms with Gasteiger partial charge in [-0.15, -0.1) is 0 Å². The van der Waals surface area contributed by atoms with Gasteiger partial charge in [0.15, 0.2) is 0 Å². The molecule has 6 heteroatoms. The lowest BCUT2D eigenvalue weighted by molar-refractivity contribution is -0.126. The van der Waals surface area contributed by atoms with Crippen molar-refractivity contribution in [1.29, 1.82) is 0 Å². The normalized spacial score (nSPS) is 16.7. The number of amides is 1. The van der Waals surface area contributed by atoms with Gasteiger partial charge in [0.25, 0.3) is 0 Å². The summed E-state index contributed by atoms with van der Waals surface area (Å²) in [5, 5.41) is 7.24. The largest absolute Gasteiger partial charge is 0.492 e. The molecule has 0 saturated heterocycles. The molecule has 1 aromatic heterocycles. The van der Waals surface area contributed by atoms with Crippen LogP contribution in [0.2, 0.25) is 0 Å². The van der Waals surface area contributed by atoms with Gasteiger partial charge in [-0.05, 0) is 31.9 Å². The summed E-state index contributed by atoms with van der Waals surface area (Å²) in [6.45, 7) is 5.38. The van der Waals surface area contributed by atoms with Gasteiger partial charge in [0.05, 0.1) is 12.5 Å². The van der Waals surface area contributed by atoms with Crippen LogP contribution in [-0.4, -0.2) is 33.8 Å². The summed E-state index contributed by atoms with van der Waals surface area (Å²) in [5.74, 6) is 2.40. The summed E-state index contributed by atoms with van der Waals surface area (Å²) in [6.07, 6.45) is 0.726. The van der Waals surface area contributed by atoms with Crippen molar-refractivity contribution in [3.8, 4) is 5.75 Å². The van der Waals surface area contributed by atoms with Crippen LogP contribution in [0.15, 0.2) is 24.3 Å². The Kier molecular flexibility index (Phi) is 4.09. The van der Waals surface area contributed by atoms with E-state index in [0.717, 1.165) is 29.4 Å². The number of hydrogen-bond acceptors (Lipinski definition) is 4. The van der Waals surface area contributed by atoms with Crippen LogP contribution in [0.3, 0.4) is 0 Å². The van der Waals surface area contributed by atoms with Crippen LogP contribution >= 0.6 is 0 Å². The van der Waals surface area contributed by atoms with Gasteiger partial charge >= 0.3 is 0 Å². The first-order valence-corrected chi connectivity index (χ1v) is 7.50. The second-order valence-electron chi connectivity index (χ2n) is 5.54. The number of carbonyl (C=O) groups is 1. The highest BCUT2D eigenvalue weighted by Gasteiger charge is 2.25. The predicted octanol–water partition coefficient (Wildman–Crippen LogP) is 1.26. The van der Waals surface area contributed by atoms with Crippen molar-refractivity contribution in [1.82, 2.24) is 20.1 Å². The molecule has 0 spiro atoms. The van der Waals surface area contributed by atoms with Gasteiger partial charge in [-0.1, -0.05) is 18.2 Å². The Balaban J connectivity index is 1.52. The Morgan fingerprint density at radius 1 is 1.41 bits per heavy atom. The van der Waals surface area contributed by atoms with E-state index < -0.39 is 0 Å². The summed E-state index contributed by atoms with van der Waals surface area (Å²) >= 11 is 0. The standard InChI is InChI=1S/C16H20N4O2/c1-11-18-12(2)20(19-11)8-7-17-16(21)14-9-13-5-3-4-6-15(13)22-10-14/h3-6,14H,7-10H2,1-2H3,(H,17,21)/t14-/m1/s1. The van der Waals surface area contributed by atoms with E-state index in [-0.39, 0.29) is 11.8 Å². The Labute approximate surface area is 129 Å². The first kappa shape index (κ1) is 14.6. The number of nitrogens with one attached hydrogen (secondary N) is 1. The molecule has 0 unspecified atom stereocenters. The third-order valence-electron chi connectivity index (χ3n) is 3.84. The Morgan fingerprint density at radius 3 is 3.00 bits per heavy atom. The van der Waals surface area contributed by atoms with Gasteiger partial charge in [0.2, 0.25) is 5.91 Å². The lowest BCUT2D eigenvalue weighted by Gasteiger charge is -2.24. The number of rotatable bonds is 4. The molecule has 22 heavy (non-hydrogen) atoms. The second-order valence-corrected chi connectivity index (χ2v) is 5.54. The third kappa shape index (κ3) is 3.10. The number of para-hydroxylation sites is 1. The number of aryl methyl sites for hydroxylation is 2. The third-order valence-corrected chi connectivity index (χ3v) is 3.84. The average Bonchev–Trinajstić information content (AvgIpc) is 2.84. The van der Waals surface area contributed by atoms with Crippen LogP contribution in [0.4, 0.5) is 0 Å². The summed E-state index contributed by atoms with van der Waals surface area (Å²) in [5.41, 5.74) is 1.09. The molecule has 3 rings (SSSR count). The van der Waals surface area contributed by atoms with Gasteiger partial charge in [0.1, 0.15) is 24.0 Å². The summed E-state index contributed by atoms with van der Waals surface area (Å²) in [4.78, 5) is 16.5. The Bertz CT molecular complexity index is 681. The number of aromatic nitrogens is 3. The molecule has 1 atom stereocenters. The molecule has 0 fully saturated rings. The molecule has 6 nitrogen and oxygen atoms in total. The first-order valence-electron chi connectivity index (χ1n) is 7.50. The molecule has 1 aliphatic heterocycles. The summed E-state index contributed by atoms with van der Waals surface area (Å²) in [6, 6.07) is 7.87. The summed E-state index contributed by atoms with van der Waals surface area (Å²) < 4.78 is 7.46. The zero-order valence-corrected chi connectivity index (χ0v) is 12.9. The molecule has 1 N–H and O–H groups in total. The fourth-order valence-electron chi connectivity index (χ4n) is 2.70. The topological polar surface area (TPSA) is 69.0 Å². The first-order chi connectivity index (χ1) is 10.6. The van der Waals surface area contributed by atoms with Crippen molar-refractivity contribution in [3.63, 3.8) is 0 Å². The van der Waals surface area contributed by atoms with E-state index in [1.54, 1.807) is 0 Å². The van der Waals surface area contributed by atoms with E-state index in [1.165, 1.54) is 0 Å². The minimum atomic E-state index is -0.131. The van der Waals surface area contributed by atoms with Crippen LogP contribution in [-0.2, 0) is 17.8 Å². The van der Waals surface area contributed by atoms with E-state index in [9.17, 15) is 4.79 Å². The van der Waals surface area contributed by atoms with E-state index in [0.29, 0.717) is 19.7 Å². The molecule has 0 radical (unpaired) electrons. The number of hydrogen-bond donors (Lipinski definition) is 1. The molecule has 116 valence electrons. The smallest absolute Gasteiger partial charge is 0.226 e. The maximum atomic E-state index is 12.3. The maximum absolute atomic E-state index is 12.3. The number of fused-ring (bicyclic) bond motifs is 1. The average molecular weight is 300 g/mol. The fourth-order valence-corrected chi connectivity index (χ4v) is 2.70. The summed E-state index contributed by atoms with van der Waals surface area (Å²) in [7, 11) is 0. The number of ether oxygens (including phenoxy) is 1. The van der Waals surface area contributed by atoms with E-state index in [2.05, 4.69) is 15.4 Å². The second kappa shape index (κ2) is 6.17. The minimum Gasteiger partial charge on any atom is -0.492 e. The van der Waals surface area contributed by atoms with Crippen molar-refractivity contribution in [3.05, 3.63) is 41.5 Å². The Morgan fingerprint density at radius 2 is 2.23 bits per heavy atom. The molecule has 2 aromatic rings. The molecule has 1 aliphatic rings. The fraction of sp³-hybridized carbons (Fsp3) is 0.438. The maximum Gasteiger partial charge on any atom is 0.226 e. The predicted molar refractivity (Wildman–Crippen MR) is 81.6 cm³/mol. The molecule has 0 aliphatic carbocycles. The van der Waals surface area contributed by atoms with Crippen molar-refractivity contribution < 1.29 is 9.53 Å². The zero-order chi connectivity index (χ0) is 15.5. The lowest BCUT2D eigenvalue weighted by atomic mass is 9.96. The lowest BCUT2D eigenvalue weighted by Crippen LogP contribution is -2.38. The van der Waals surface area contributed by atoms with Crippen molar-refractivity contribution >= 4 is 5.91 Å². The molecule has 0 bridgehead atoms. The van der Waals surface area contributed by atoms with Gasteiger partial charge in [0, 0.05) is 6.54 Å². The molecular weight excluding hydrogens is 280 g/mol. The number of nitrogens with zero attached hydrogens (tertiary/aromatic N) is 3. The zero-order valence-electron chi connectivity index (χ0n) is 12.9. The van der Waals surface area contributed by atoms with Gasteiger partial charge < -0.3 is 10.1 Å².